The fourth-order valence-corrected chi connectivity index (χ4v) is 4.51. The smallest absolute Gasteiger partial charge is 0.255 e. The Hall–Kier alpha value is -4.27. The highest BCUT2D eigenvalue weighted by Gasteiger charge is 2.14. The molecular formula is C28H25N3O4S. The summed E-state index contributed by atoms with van der Waals surface area (Å²) >= 11 is 0. The van der Waals surface area contributed by atoms with E-state index in [0.29, 0.717) is 28.9 Å². The molecule has 0 aliphatic heterocycles. The van der Waals surface area contributed by atoms with Crippen molar-refractivity contribution in [2.45, 2.75) is 11.3 Å². The molecule has 0 saturated carbocycles. The van der Waals surface area contributed by atoms with Gasteiger partial charge >= 0.3 is 0 Å². The predicted octanol–water partition coefficient (Wildman–Crippen LogP) is 4.71. The van der Waals surface area contributed by atoms with Gasteiger partial charge in [0, 0.05) is 29.0 Å². The highest BCUT2D eigenvalue weighted by Crippen LogP contribution is 2.17. The van der Waals surface area contributed by atoms with Crippen molar-refractivity contribution in [2.24, 2.45) is 0 Å². The third-order valence-electron chi connectivity index (χ3n) is 5.41. The number of hydrogen-bond donors (Lipinski definition) is 3. The van der Waals surface area contributed by atoms with Crippen molar-refractivity contribution in [1.82, 2.24) is 4.72 Å². The number of benzene rings is 4. The van der Waals surface area contributed by atoms with E-state index in [0.717, 1.165) is 5.56 Å². The van der Waals surface area contributed by atoms with Gasteiger partial charge in [0.05, 0.1) is 4.90 Å². The van der Waals surface area contributed by atoms with Crippen LogP contribution in [0.4, 0.5) is 11.4 Å². The maximum Gasteiger partial charge on any atom is 0.255 e. The Labute approximate surface area is 210 Å². The van der Waals surface area contributed by atoms with E-state index in [2.05, 4.69) is 15.4 Å². The van der Waals surface area contributed by atoms with Crippen molar-refractivity contribution >= 4 is 33.2 Å². The van der Waals surface area contributed by atoms with Crippen LogP contribution in [0.5, 0.6) is 0 Å². The molecule has 8 heteroatoms. The lowest BCUT2D eigenvalue weighted by atomic mass is 10.1. The summed E-state index contributed by atoms with van der Waals surface area (Å²) in [5.74, 6) is -0.593. The zero-order valence-corrected chi connectivity index (χ0v) is 20.2. The Balaban J connectivity index is 1.31. The first-order chi connectivity index (χ1) is 17.4. The summed E-state index contributed by atoms with van der Waals surface area (Å²) in [6.07, 6.45) is 0.586. The van der Waals surface area contributed by atoms with Crippen LogP contribution < -0.4 is 15.4 Å². The first-order valence-corrected chi connectivity index (χ1v) is 12.8. The molecule has 3 N–H and O–H groups in total. The lowest BCUT2D eigenvalue weighted by Crippen LogP contribution is -2.26. The van der Waals surface area contributed by atoms with Crippen LogP contribution in [0.1, 0.15) is 26.3 Å². The third-order valence-corrected chi connectivity index (χ3v) is 6.89. The summed E-state index contributed by atoms with van der Waals surface area (Å²) in [5.41, 5.74) is 3.01. The number of nitrogens with one attached hydrogen (secondary N) is 3. The molecule has 0 aromatic heterocycles. The molecule has 0 heterocycles. The van der Waals surface area contributed by atoms with Crippen LogP contribution in [0.2, 0.25) is 0 Å². The fraction of sp³-hybridized carbons (Fsp3) is 0.0714. The van der Waals surface area contributed by atoms with E-state index < -0.39 is 10.0 Å². The second-order valence-electron chi connectivity index (χ2n) is 8.01. The Morgan fingerprint density at radius 2 is 1.06 bits per heavy atom. The van der Waals surface area contributed by atoms with E-state index >= 15 is 0 Å². The second-order valence-corrected chi connectivity index (χ2v) is 9.78. The second kappa shape index (κ2) is 11.4. The zero-order chi connectivity index (χ0) is 25.4. The zero-order valence-electron chi connectivity index (χ0n) is 19.3. The summed E-state index contributed by atoms with van der Waals surface area (Å²) in [6, 6.07) is 30.9. The molecular weight excluding hydrogens is 474 g/mol. The van der Waals surface area contributed by atoms with Crippen LogP contribution in [0.25, 0.3) is 0 Å². The quantitative estimate of drug-likeness (QED) is 0.310. The fourth-order valence-electron chi connectivity index (χ4n) is 3.48. The Kier molecular flexibility index (Phi) is 7.89. The number of carbonyl (C=O) groups excluding carboxylic acids is 2. The van der Waals surface area contributed by atoms with Crippen LogP contribution in [-0.2, 0) is 16.4 Å². The van der Waals surface area contributed by atoms with Crippen molar-refractivity contribution in [1.29, 1.82) is 0 Å². The van der Waals surface area contributed by atoms with Gasteiger partial charge in [-0.15, -0.1) is 0 Å². The molecule has 36 heavy (non-hydrogen) atoms. The van der Waals surface area contributed by atoms with Gasteiger partial charge < -0.3 is 10.6 Å². The molecule has 0 bridgehead atoms. The van der Waals surface area contributed by atoms with Crippen molar-refractivity contribution in [3.63, 3.8) is 0 Å². The molecule has 4 rings (SSSR count). The lowest BCUT2D eigenvalue weighted by Gasteiger charge is -2.10. The van der Waals surface area contributed by atoms with Gasteiger partial charge in [-0.25, -0.2) is 13.1 Å². The van der Waals surface area contributed by atoms with Crippen molar-refractivity contribution < 1.29 is 18.0 Å². The first kappa shape index (κ1) is 24.8. The number of anilines is 2. The average Bonchev–Trinajstić information content (AvgIpc) is 2.90. The van der Waals surface area contributed by atoms with E-state index in [1.807, 2.05) is 36.4 Å². The SMILES string of the molecule is O=C(Nc1ccc(C(=O)Nc2ccc(S(=O)(=O)NCCc3ccccc3)cc2)cc1)c1ccccc1. The number of sulfonamides is 1. The molecule has 0 radical (unpaired) electrons. The minimum absolute atomic E-state index is 0.118. The van der Waals surface area contributed by atoms with E-state index in [-0.39, 0.29) is 23.3 Å². The molecule has 4 aromatic rings. The van der Waals surface area contributed by atoms with Crippen molar-refractivity contribution in [3.05, 3.63) is 126 Å². The molecule has 182 valence electrons. The molecule has 0 unspecified atom stereocenters. The highest BCUT2D eigenvalue weighted by atomic mass is 32.2. The van der Waals surface area contributed by atoms with E-state index in [9.17, 15) is 18.0 Å². The monoisotopic (exact) mass is 499 g/mol. The van der Waals surface area contributed by atoms with Crippen molar-refractivity contribution in [3.8, 4) is 0 Å². The average molecular weight is 500 g/mol. The number of carbonyl (C=O) groups is 2. The molecule has 4 aromatic carbocycles. The van der Waals surface area contributed by atoms with Gasteiger partial charge in [0.15, 0.2) is 0 Å². The molecule has 0 atom stereocenters. The summed E-state index contributed by atoms with van der Waals surface area (Å²) < 4.78 is 27.7. The Bertz CT molecular complexity index is 1420. The topological polar surface area (TPSA) is 104 Å². The normalized spacial score (nSPS) is 11.0. The van der Waals surface area contributed by atoms with Gasteiger partial charge in [-0.3, -0.25) is 9.59 Å². The predicted molar refractivity (Wildman–Crippen MR) is 141 cm³/mol. The van der Waals surface area contributed by atoms with E-state index in [4.69, 9.17) is 0 Å². The molecule has 2 amide bonds. The minimum Gasteiger partial charge on any atom is -0.322 e. The molecule has 0 saturated heterocycles. The number of hydrogen-bond acceptors (Lipinski definition) is 4. The summed E-state index contributed by atoms with van der Waals surface area (Å²) in [7, 11) is -3.66. The third kappa shape index (κ3) is 6.65. The largest absolute Gasteiger partial charge is 0.322 e. The van der Waals surface area contributed by atoms with Gasteiger partial charge in [-0.2, -0.15) is 0 Å². The summed E-state index contributed by atoms with van der Waals surface area (Å²) in [4.78, 5) is 25.0. The number of rotatable bonds is 9. The molecule has 0 aliphatic carbocycles. The molecule has 0 fully saturated rings. The lowest BCUT2D eigenvalue weighted by molar-refractivity contribution is 0.102. The van der Waals surface area contributed by atoms with Crippen LogP contribution in [0, 0.1) is 0 Å². The maximum absolute atomic E-state index is 12.6. The Morgan fingerprint density at radius 3 is 1.61 bits per heavy atom. The molecule has 0 aliphatic rings. The van der Waals surface area contributed by atoms with Crippen LogP contribution in [0.3, 0.4) is 0 Å². The summed E-state index contributed by atoms with van der Waals surface area (Å²) in [6.45, 7) is 0.284. The van der Waals surface area contributed by atoms with Gasteiger partial charge in [-0.05, 0) is 72.6 Å². The van der Waals surface area contributed by atoms with Crippen molar-refractivity contribution in [2.75, 3.05) is 17.2 Å². The van der Waals surface area contributed by atoms with E-state index in [1.54, 1.807) is 48.5 Å². The van der Waals surface area contributed by atoms with E-state index in [1.165, 1.54) is 24.3 Å². The molecule has 0 spiro atoms. The highest BCUT2D eigenvalue weighted by molar-refractivity contribution is 7.89. The maximum atomic E-state index is 12.6. The van der Waals surface area contributed by atoms with Gasteiger partial charge in [-0.1, -0.05) is 48.5 Å². The standard InChI is InChI=1S/C28H25N3O4S/c32-27(22-9-5-2-6-10-22)30-24-13-11-23(12-14-24)28(33)31-25-15-17-26(18-16-25)36(34,35)29-20-19-21-7-3-1-4-8-21/h1-18,29H,19-20H2,(H,30,32)(H,31,33). The van der Waals surface area contributed by atoms with Crippen LogP contribution in [0.15, 0.2) is 114 Å². The minimum atomic E-state index is -3.66. The first-order valence-electron chi connectivity index (χ1n) is 11.3. The van der Waals surface area contributed by atoms with Gasteiger partial charge in [0.2, 0.25) is 10.0 Å². The number of amides is 2. The van der Waals surface area contributed by atoms with Gasteiger partial charge in [0.1, 0.15) is 0 Å². The molecule has 7 nitrogen and oxygen atoms in total. The Morgan fingerprint density at radius 1 is 0.583 bits per heavy atom. The van der Waals surface area contributed by atoms with Gasteiger partial charge in [0.25, 0.3) is 11.8 Å². The summed E-state index contributed by atoms with van der Waals surface area (Å²) in [5, 5.41) is 5.53. The van der Waals surface area contributed by atoms with Crippen LogP contribution >= 0.6 is 0 Å². The van der Waals surface area contributed by atoms with Crippen LogP contribution in [-0.4, -0.2) is 26.8 Å².